The summed E-state index contributed by atoms with van der Waals surface area (Å²) < 4.78 is 11.3. The lowest BCUT2D eigenvalue weighted by Crippen LogP contribution is -2.42. The van der Waals surface area contributed by atoms with Crippen molar-refractivity contribution in [3.63, 3.8) is 0 Å². The van der Waals surface area contributed by atoms with Crippen molar-refractivity contribution in [1.29, 1.82) is 0 Å². The molecule has 0 fully saturated rings. The summed E-state index contributed by atoms with van der Waals surface area (Å²) in [5.74, 6) is -0.496. The van der Waals surface area contributed by atoms with Crippen LogP contribution >= 0.6 is 0 Å². The molecular weight excluding hydrogens is 661 g/mol. The maximum Gasteiger partial charge on any atom is 0.407 e. The van der Waals surface area contributed by atoms with Crippen molar-refractivity contribution in [3.8, 4) is 11.1 Å². The highest BCUT2D eigenvalue weighted by molar-refractivity contribution is 5.82. The van der Waals surface area contributed by atoms with Crippen LogP contribution in [0, 0.1) is 0 Å². The second kappa shape index (κ2) is 25.0. The fraction of sp³-hybridized carbons (Fsp3) is 0.543. The molecule has 1 aliphatic carbocycles. The van der Waals surface area contributed by atoms with E-state index in [1.807, 2.05) is 54.6 Å². The summed E-state index contributed by atoms with van der Waals surface area (Å²) in [4.78, 5) is 38.7. The van der Waals surface area contributed by atoms with Crippen LogP contribution < -0.4 is 10.6 Å². The van der Waals surface area contributed by atoms with Crippen molar-refractivity contribution in [3.05, 3.63) is 95.6 Å². The zero-order valence-corrected chi connectivity index (χ0v) is 32.3. The summed E-state index contributed by atoms with van der Waals surface area (Å²) in [6.07, 6.45) is 21.2. The van der Waals surface area contributed by atoms with E-state index in [9.17, 15) is 14.4 Å². The van der Waals surface area contributed by atoms with Gasteiger partial charge < -0.3 is 20.1 Å². The molecule has 0 saturated carbocycles. The van der Waals surface area contributed by atoms with E-state index in [-0.39, 0.29) is 25.0 Å². The molecule has 53 heavy (non-hydrogen) atoms. The number of alkyl carbamates (subject to hydrolysis) is 1. The van der Waals surface area contributed by atoms with Gasteiger partial charge >= 0.3 is 12.1 Å². The minimum Gasteiger partial charge on any atom is -0.459 e. The quantitative estimate of drug-likeness (QED) is 0.0603. The topological polar surface area (TPSA) is 93.7 Å². The lowest BCUT2D eigenvalue weighted by molar-refractivity contribution is -0.147. The first kappa shape index (κ1) is 41.6. The molecule has 0 radical (unpaired) electrons. The van der Waals surface area contributed by atoms with Gasteiger partial charge in [-0.1, -0.05) is 176 Å². The number of rotatable bonds is 27. The molecule has 3 aromatic carbocycles. The molecule has 0 heterocycles. The van der Waals surface area contributed by atoms with Crippen LogP contribution in [0.3, 0.4) is 0 Å². The van der Waals surface area contributed by atoms with Crippen molar-refractivity contribution in [2.75, 3.05) is 13.2 Å². The Morgan fingerprint density at radius 3 is 1.72 bits per heavy atom. The normalized spacial score (nSPS) is 12.5. The predicted octanol–water partition coefficient (Wildman–Crippen LogP) is 11.2. The number of carbonyl (C=O) groups excluding carboxylic acids is 3. The number of fused-ring (bicyclic) bond motifs is 3. The van der Waals surface area contributed by atoms with Gasteiger partial charge in [0.15, 0.2) is 0 Å². The third-order valence-corrected chi connectivity index (χ3v) is 10.4. The van der Waals surface area contributed by atoms with Crippen LogP contribution in [0.2, 0.25) is 0 Å². The van der Waals surface area contributed by atoms with Crippen LogP contribution in [0.5, 0.6) is 0 Å². The number of carbonyl (C=O) groups is 3. The minimum atomic E-state index is -0.856. The fourth-order valence-electron chi connectivity index (χ4n) is 7.31. The molecule has 3 aromatic rings. The van der Waals surface area contributed by atoms with Crippen LogP contribution in [0.1, 0.15) is 152 Å². The van der Waals surface area contributed by atoms with E-state index in [4.69, 9.17) is 9.47 Å². The number of benzene rings is 3. The lowest BCUT2D eigenvalue weighted by Gasteiger charge is -2.19. The van der Waals surface area contributed by atoms with Gasteiger partial charge in [-0.25, -0.2) is 9.59 Å². The van der Waals surface area contributed by atoms with E-state index in [2.05, 4.69) is 41.8 Å². The number of hydrogen-bond donors (Lipinski definition) is 2. The number of hydrogen-bond acceptors (Lipinski definition) is 5. The largest absolute Gasteiger partial charge is 0.459 e. The standard InChI is InChI=1S/C46H64N2O5/c1-2-3-4-5-6-7-8-9-10-11-12-13-14-15-19-33-44(49)47-34-25-24-32-43(45(50)52-35-37-26-17-16-18-27-37)48-46(51)53-36-42-40-30-22-20-28-38(40)39-29-21-23-31-41(39)42/h16-18,20-23,26-31,42-43H,2-15,19,24-25,32-36H2,1H3,(H,47,49)(H,48,51)/t43-/m0/s1. The Hall–Kier alpha value is -4.13. The van der Waals surface area contributed by atoms with E-state index >= 15 is 0 Å². The molecule has 0 aromatic heterocycles. The third kappa shape index (κ3) is 15.4. The van der Waals surface area contributed by atoms with Gasteiger partial charge in [0.2, 0.25) is 5.91 Å². The summed E-state index contributed by atoms with van der Waals surface area (Å²) in [6, 6.07) is 25.0. The summed E-state index contributed by atoms with van der Waals surface area (Å²) in [7, 11) is 0. The Bertz CT molecular complexity index is 1450. The van der Waals surface area contributed by atoms with Crippen LogP contribution in [-0.4, -0.2) is 37.2 Å². The first-order chi connectivity index (χ1) is 26.1. The summed E-state index contributed by atoms with van der Waals surface area (Å²) in [6.45, 7) is 3.09. The zero-order chi connectivity index (χ0) is 37.4. The van der Waals surface area contributed by atoms with Crippen LogP contribution in [0.4, 0.5) is 4.79 Å². The van der Waals surface area contributed by atoms with Gasteiger partial charge in [0, 0.05) is 18.9 Å². The highest BCUT2D eigenvalue weighted by Gasteiger charge is 2.30. The summed E-state index contributed by atoms with van der Waals surface area (Å²) >= 11 is 0. The van der Waals surface area contributed by atoms with E-state index in [1.165, 1.54) is 83.5 Å². The Morgan fingerprint density at radius 2 is 1.13 bits per heavy atom. The molecule has 4 rings (SSSR count). The molecule has 0 aliphatic heterocycles. The molecular formula is C46H64N2O5. The fourth-order valence-corrected chi connectivity index (χ4v) is 7.31. The SMILES string of the molecule is CCCCCCCCCCCCCCCCCC(=O)NCCCC[C@H](NC(=O)OCC1c2ccccc2-c2ccccc21)C(=O)OCc1ccccc1. The van der Waals surface area contributed by atoms with Gasteiger partial charge in [0.05, 0.1) is 0 Å². The van der Waals surface area contributed by atoms with Gasteiger partial charge in [-0.15, -0.1) is 0 Å². The minimum absolute atomic E-state index is 0.0744. The molecule has 7 heteroatoms. The van der Waals surface area contributed by atoms with Crippen molar-refractivity contribution >= 4 is 18.0 Å². The lowest BCUT2D eigenvalue weighted by atomic mass is 9.98. The molecule has 1 aliphatic rings. The van der Waals surface area contributed by atoms with Crippen molar-refractivity contribution in [2.45, 2.75) is 147 Å². The Morgan fingerprint density at radius 1 is 0.604 bits per heavy atom. The number of esters is 1. The van der Waals surface area contributed by atoms with E-state index in [1.54, 1.807) is 0 Å². The first-order valence-electron chi connectivity index (χ1n) is 20.7. The van der Waals surface area contributed by atoms with E-state index in [0.29, 0.717) is 32.2 Å². The highest BCUT2D eigenvalue weighted by Crippen LogP contribution is 2.44. The highest BCUT2D eigenvalue weighted by atomic mass is 16.6. The predicted molar refractivity (Wildman–Crippen MR) is 215 cm³/mol. The molecule has 7 nitrogen and oxygen atoms in total. The monoisotopic (exact) mass is 724 g/mol. The smallest absolute Gasteiger partial charge is 0.407 e. The van der Waals surface area contributed by atoms with Gasteiger partial charge in [-0.2, -0.15) is 0 Å². The average molecular weight is 725 g/mol. The summed E-state index contributed by atoms with van der Waals surface area (Å²) in [5, 5.41) is 5.80. The van der Waals surface area contributed by atoms with Gasteiger partial charge in [0.1, 0.15) is 19.3 Å². The Balaban J connectivity index is 1.10. The Kier molecular flexibility index (Phi) is 19.6. The molecule has 0 saturated heterocycles. The van der Waals surface area contributed by atoms with Crippen molar-refractivity contribution in [1.82, 2.24) is 10.6 Å². The van der Waals surface area contributed by atoms with Crippen molar-refractivity contribution < 1.29 is 23.9 Å². The summed E-state index contributed by atoms with van der Waals surface area (Å²) in [5.41, 5.74) is 5.43. The van der Waals surface area contributed by atoms with Crippen LogP contribution in [0.25, 0.3) is 11.1 Å². The first-order valence-corrected chi connectivity index (χ1v) is 20.7. The molecule has 2 N–H and O–H groups in total. The average Bonchev–Trinajstić information content (AvgIpc) is 3.50. The molecule has 0 bridgehead atoms. The maximum absolute atomic E-state index is 13.2. The molecule has 2 amide bonds. The van der Waals surface area contributed by atoms with Gasteiger partial charge in [-0.05, 0) is 53.5 Å². The van der Waals surface area contributed by atoms with Crippen molar-refractivity contribution in [2.24, 2.45) is 0 Å². The van der Waals surface area contributed by atoms with E-state index in [0.717, 1.165) is 40.7 Å². The molecule has 288 valence electrons. The van der Waals surface area contributed by atoms with Crippen LogP contribution in [0.15, 0.2) is 78.9 Å². The van der Waals surface area contributed by atoms with Crippen LogP contribution in [-0.2, 0) is 25.7 Å². The number of amides is 2. The van der Waals surface area contributed by atoms with Gasteiger partial charge in [0.25, 0.3) is 0 Å². The number of unbranched alkanes of at least 4 members (excludes halogenated alkanes) is 15. The Labute approximate surface area is 319 Å². The van der Waals surface area contributed by atoms with Gasteiger partial charge in [-0.3, -0.25) is 4.79 Å². The molecule has 0 spiro atoms. The van der Waals surface area contributed by atoms with E-state index < -0.39 is 18.1 Å². The molecule has 1 atom stereocenters. The second-order valence-electron chi connectivity index (χ2n) is 14.7. The number of ether oxygens (including phenoxy) is 2. The molecule has 0 unspecified atom stereocenters. The third-order valence-electron chi connectivity index (χ3n) is 10.4. The second-order valence-corrected chi connectivity index (χ2v) is 14.7. The maximum atomic E-state index is 13.2. The zero-order valence-electron chi connectivity index (χ0n) is 32.3. The number of nitrogens with one attached hydrogen (secondary N) is 2.